The molecule has 1 atom stereocenters. The number of hydrogen-bond donors (Lipinski definition) is 2. The van der Waals surface area contributed by atoms with Crippen LogP contribution < -0.4 is 15.4 Å². The second-order valence-electron chi connectivity index (χ2n) is 5.88. The molecule has 0 amide bonds. The van der Waals surface area contributed by atoms with Crippen molar-refractivity contribution < 1.29 is 22.3 Å². The third kappa shape index (κ3) is 10.1. The Morgan fingerprint density at radius 1 is 1.23 bits per heavy atom. The van der Waals surface area contributed by atoms with Gasteiger partial charge in [0.2, 0.25) is 0 Å². The maximum absolute atomic E-state index is 12.9. The van der Waals surface area contributed by atoms with Gasteiger partial charge in [-0.25, -0.2) is 9.38 Å². The van der Waals surface area contributed by atoms with Crippen LogP contribution in [0.3, 0.4) is 0 Å². The van der Waals surface area contributed by atoms with Crippen LogP contribution in [-0.2, 0) is 0 Å². The van der Waals surface area contributed by atoms with Gasteiger partial charge in [0, 0.05) is 19.6 Å². The molecular formula is C17H26F4N4O. The number of nitrogens with zero attached hydrogens (tertiary/aromatic N) is 2. The summed E-state index contributed by atoms with van der Waals surface area (Å²) in [4.78, 5) is 5.54. The molecule has 0 heterocycles. The van der Waals surface area contributed by atoms with Crippen LogP contribution in [-0.4, -0.2) is 62.9 Å². The molecule has 5 nitrogen and oxygen atoms in total. The van der Waals surface area contributed by atoms with E-state index in [1.54, 1.807) is 0 Å². The number of guanidine groups is 1. The van der Waals surface area contributed by atoms with Crippen LogP contribution in [0.15, 0.2) is 29.3 Å². The topological polar surface area (TPSA) is 48.9 Å². The minimum atomic E-state index is -4.21. The van der Waals surface area contributed by atoms with Gasteiger partial charge in [-0.05, 0) is 45.2 Å². The van der Waals surface area contributed by atoms with E-state index < -0.39 is 12.7 Å². The highest BCUT2D eigenvalue weighted by Gasteiger charge is 2.28. The minimum absolute atomic E-state index is 0.228. The van der Waals surface area contributed by atoms with Gasteiger partial charge in [0.05, 0.1) is 13.1 Å². The number of hydrogen-bond acceptors (Lipinski definition) is 3. The molecule has 9 heteroatoms. The van der Waals surface area contributed by atoms with E-state index in [4.69, 9.17) is 4.74 Å². The molecule has 0 fully saturated rings. The van der Waals surface area contributed by atoms with E-state index >= 15 is 0 Å². The Morgan fingerprint density at radius 3 is 2.46 bits per heavy atom. The van der Waals surface area contributed by atoms with Gasteiger partial charge in [0.1, 0.15) is 17.7 Å². The highest BCUT2D eigenvalue weighted by molar-refractivity contribution is 5.79. The Kier molecular flexibility index (Phi) is 9.18. The molecule has 0 aliphatic carbocycles. The van der Waals surface area contributed by atoms with Crippen molar-refractivity contribution in [1.82, 2.24) is 15.5 Å². The van der Waals surface area contributed by atoms with E-state index in [9.17, 15) is 17.6 Å². The summed E-state index contributed by atoms with van der Waals surface area (Å²) in [5.41, 5.74) is 0. The molecule has 0 aromatic heterocycles. The lowest BCUT2D eigenvalue weighted by Crippen LogP contribution is -2.42. The van der Waals surface area contributed by atoms with E-state index in [2.05, 4.69) is 15.6 Å². The zero-order valence-electron chi connectivity index (χ0n) is 15.2. The van der Waals surface area contributed by atoms with Gasteiger partial charge in [0.25, 0.3) is 0 Å². The first-order chi connectivity index (χ1) is 12.2. The molecule has 0 saturated heterocycles. The SMILES string of the molecule is CCNC(=NCC(C)Oc1ccc(F)cc1)NCCN(C)CC(F)(F)F. The first-order valence-corrected chi connectivity index (χ1v) is 8.39. The Morgan fingerprint density at radius 2 is 1.88 bits per heavy atom. The molecule has 26 heavy (non-hydrogen) atoms. The van der Waals surface area contributed by atoms with Gasteiger partial charge >= 0.3 is 6.18 Å². The third-order valence-corrected chi connectivity index (χ3v) is 3.24. The molecule has 148 valence electrons. The Hall–Kier alpha value is -2.03. The zero-order chi connectivity index (χ0) is 19.6. The van der Waals surface area contributed by atoms with E-state index in [-0.39, 0.29) is 18.5 Å². The van der Waals surface area contributed by atoms with Crippen molar-refractivity contribution >= 4 is 5.96 Å². The molecule has 0 spiro atoms. The van der Waals surface area contributed by atoms with Crippen LogP contribution in [0, 0.1) is 5.82 Å². The quantitative estimate of drug-likeness (QED) is 0.394. The molecule has 1 unspecified atom stereocenters. The van der Waals surface area contributed by atoms with Crippen LogP contribution in [0.2, 0.25) is 0 Å². The molecule has 0 bridgehead atoms. The fourth-order valence-electron chi connectivity index (χ4n) is 2.09. The van der Waals surface area contributed by atoms with Gasteiger partial charge in [-0.15, -0.1) is 0 Å². The normalized spacial score (nSPS) is 13.6. The predicted octanol–water partition coefficient (Wildman–Crippen LogP) is 2.64. The van der Waals surface area contributed by atoms with Crippen LogP contribution in [0.4, 0.5) is 17.6 Å². The Labute approximate surface area is 151 Å². The van der Waals surface area contributed by atoms with Gasteiger partial charge in [-0.3, -0.25) is 4.90 Å². The highest BCUT2D eigenvalue weighted by atomic mass is 19.4. The summed E-state index contributed by atoms with van der Waals surface area (Å²) in [6, 6.07) is 5.70. The number of aliphatic imine (C=N–C) groups is 1. The minimum Gasteiger partial charge on any atom is -0.489 e. The summed E-state index contributed by atoms with van der Waals surface area (Å²) >= 11 is 0. The summed E-state index contributed by atoms with van der Waals surface area (Å²) in [7, 11) is 1.41. The van der Waals surface area contributed by atoms with Crippen LogP contribution in [0.1, 0.15) is 13.8 Å². The largest absolute Gasteiger partial charge is 0.489 e. The van der Waals surface area contributed by atoms with E-state index in [0.29, 0.717) is 31.3 Å². The smallest absolute Gasteiger partial charge is 0.401 e. The lowest BCUT2D eigenvalue weighted by atomic mass is 10.3. The molecular weight excluding hydrogens is 352 g/mol. The van der Waals surface area contributed by atoms with Crippen LogP contribution in [0.25, 0.3) is 0 Å². The van der Waals surface area contributed by atoms with Gasteiger partial charge in [-0.2, -0.15) is 13.2 Å². The van der Waals surface area contributed by atoms with Crippen molar-refractivity contribution in [3.05, 3.63) is 30.1 Å². The fourth-order valence-corrected chi connectivity index (χ4v) is 2.09. The van der Waals surface area contributed by atoms with Crippen molar-refractivity contribution in [2.45, 2.75) is 26.1 Å². The summed E-state index contributed by atoms with van der Waals surface area (Å²) in [5.74, 6) is 0.709. The predicted molar refractivity (Wildman–Crippen MR) is 94.0 cm³/mol. The molecule has 1 aromatic rings. The van der Waals surface area contributed by atoms with E-state index in [1.165, 1.54) is 36.2 Å². The average molecular weight is 378 g/mol. The second-order valence-corrected chi connectivity index (χ2v) is 5.88. The number of alkyl halides is 3. The summed E-state index contributed by atoms with van der Waals surface area (Å²) in [6.07, 6.45) is -4.45. The van der Waals surface area contributed by atoms with Crippen molar-refractivity contribution in [2.75, 3.05) is 39.8 Å². The maximum Gasteiger partial charge on any atom is 0.401 e. The molecule has 0 saturated carbocycles. The number of rotatable bonds is 9. The number of benzene rings is 1. The van der Waals surface area contributed by atoms with Crippen molar-refractivity contribution in [3.63, 3.8) is 0 Å². The molecule has 0 aliphatic rings. The molecule has 1 rings (SSSR count). The second kappa shape index (κ2) is 10.8. The third-order valence-electron chi connectivity index (χ3n) is 3.24. The monoisotopic (exact) mass is 378 g/mol. The molecule has 0 aliphatic heterocycles. The van der Waals surface area contributed by atoms with Crippen molar-refractivity contribution in [3.8, 4) is 5.75 Å². The highest BCUT2D eigenvalue weighted by Crippen LogP contribution is 2.15. The van der Waals surface area contributed by atoms with Gasteiger partial charge in [-0.1, -0.05) is 0 Å². The number of ether oxygens (including phenoxy) is 1. The fraction of sp³-hybridized carbons (Fsp3) is 0.588. The molecule has 0 radical (unpaired) electrons. The molecule has 1 aromatic carbocycles. The lowest BCUT2D eigenvalue weighted by molar-refractivity contribution is -0.142. The average Bonchev–Trinajstić information content (AvgIpc) is 2.53. The van der Waals surface area contributed by atoms with Crippen LogP contribution in [0.5, 0.6) is 5.75 Å². The van der Waals surface area contributed by atoms with E-state index in [0.717, 1.165) is 0 Å². The van der Waals surface area contributed by atoms with E-state index in [1.807, 2.05) is 13.8 Å². The van der Waals surface area contributed by atoms with Crippen molar-refractivity contribution in [1.29, 1.82) is 0 Å². The van der Waals surface area contributed by atoms with Gasteiger partial charge < -0.3 is 15.4 Å². The molecule has 2 N–H and O–H groups in total. The number of likely N-dealkylation sites (N-methyl/N-ethyl adjacent to an activating group) is 1. The Balaban J connectivity index is 2.43. The van der Waals surface area contributed by atoms with Gasteiger partial charge in [0.15, 0.2) is 5.96 Å². The Bertz CT molecular complexity index is 549. The lowest BCUT2D eigenvalue weighted by Gasteiger charge is -2.20. The number of nitrogens with one attached hydrogen (secondary N) is 2. The number of halogens is 4. The van der Waals surface area contributed by atoms with Crippen molar-refractivity contribution in [2.24, 2.45) is 4.99 Å². The van der Waals surface area contributed by atoms with Crippen LogP contribution >= 0.6 is 0 Å². The standard InChI is InChI=1S/C17H26F4N4O/c1-4-22-16(23-9-10-25(3)12-17(19,20)21)24-11-13(2)26-15-7-5-14(18)6-8-15/h5-8,13H,4,9-12H2,1-3H3,(H2,22,23,24). The first-order valence-electron chi connectivity index (χ1n) is 8.39. The first kappa shape index (κ1) is 22.0. The summed E-state index contributed by atoms with van der Waals surface area (Å²) in [5, 5.41) is 6.01. The zero-order valence-corrected chi connectivity index (χ0v) is 15.2. The summed E-state index contributed by atoms with van der Waals surface area (Å²) in [6.45, 7) is 4.28. The summed E-state index contributed by atoms with van der Waals surface area (Å²) < 4.78 is 55.4. The maximum atomic E-state index is 12.9.